The maximum absolute atomic E-state index is 11.8. The van der Waals surface area contributed by atoms with Gasteiger partial charge in [0.1, 0.15) is 6.04 Å². The first-order valence-corrected chi connectivity index (χ1v) is 6.04. The number of rotatable bonds is 2. The van der Waals surface area contributed by atoms with Crippen molar-refractivity contribution in [2.45, 2.75) is 18.9 Å². The molecule has 2 aliphatic heterocycles. The van der Waals surface area contributed by atoms with Crippen LogP contribution in [0, 0.1) is 0 Å². The minimum Gasteiger partial charge on any atom is -0.467 e. The minimum atomic E-state index is -0.217. The SMILES string of the molecule is COC(=O)[C@H]1CCCN1c1cccc2c1OCO2. The highest BCUT2D eigenvalue weighted by Crippen LogP contribution is 2.43. The fourth-order valence-electron chi connectivity index (χ4n) is 2.58. The Morgan fingerprint density at radius 1 is 1.44 bits per heavy atom. The number of esters is 1. The highest BCUT2D eigenvalue weighted by molar-refractivity contribution is 5.82. The first-order chi connectivity index (χ1) is 8.81. The van der Waals surface area contributed by atoms with E-state index in [4.69, 9.17) is 14.2 Å². The Kier molecular flexibility index (Phi) is 2.74. The van der Waals surface area contributed by atoms with Gasteiger partial charge in [-0.25, -0.2) is 4.79 Å². The van der Waals surface area contributed by atoms with Crippen LogP contribution in [-0.2, 0) is 9.53 Å². The third kappa shape index (κ3) is 1.66. The molecule has 1 atom stereocenters. The number of para-hydroxylation sites is 1. The predicted octanol–water partition coefficient (Wildman–Crippen LogP) is 1.56. The van der Waals surface area contributed by atoms with E-state index in [9.17, 15) is 4.79 Å². The molecular weight excluding hydrogens is 234 g/mol. The van der Waals surface area contributed by atoms with E-state index >= 15 is 0 Å². The Balaban J connectivity index is 1.95. The third-order valence-electron chi connectivity index (χ3n) is 3.41. The molecule has 2 aliphatic rings. The fourth-order valence-corrected chi connectivity index (χ4v) is 2.58. The number of ether oxygens (including phenoxy) is 3. The summed E-state index contributed by atoms with van der Waals surface area (Å²) in [5.41, 5.74) is 0.915. The zero-order chi connectivity index (χ0) is 12.5. The molecule has 1 fully saturated rings. The van der Waals surface area contributed by atoms with Crippen molar-refractivity contribution in [3.8, 4) is 11.5 Å². The van der Waals surface area contributed by atoms with Crippen LogP contribution < -0.4 is 14.4 Å². The van der Waals surface area contributed by atoms with E-state index in [-0.39, 0.29) is 18.8 Å². The number of hydrogen-bond acceptors (Lipinski definition) is 5. The molecule has 0 aliphatic carbocycles. The van der Waals surface area contributed by atoms with E-state index < -0.39 is 0 Å². The topological polar surface area (TPSA) is 48.0 Å². The molecule has 5 nitrogen and oxygen atoms in total. The third-order valence-corrected chi connectivity index (χ3v) is 3.41. The van der Waals surface area contributed by atoms with E-state index in [0.29, 0.717) is 0 Å². The van der Waals surface area contributed by atoms with Crippen LogP contribution in [0.5, 0.6) is 11.5 Å². The molecular formula is C13H15NO4. The van der Waals surface area contributed by atoms with Crippen LogP contribution in [0.4, 0.5) is 5.69 Å². The number of carbonyl (C=O) groups is 1. The smallest absolute Gasteiger partial charge is 0.328 e. The minimum absolute atomic E-state index is 0.191. The zero-order valence-electron chi connectivity index (χ0n) is 10.2. The summed E-state index contributed by atoms with van der Waals surface area (Å²) in [5.74, 6) is 1.28. The van der Waals surface area contributed by atoms with Crippen molar-refractivity contribution in [2.24, 2.45) is 0 Å². The molecule has 0 radical (unpaired) electrons. The Morgan fingerprint density at radius 2 is 2.33 bits per heavy atom. The Labute approximate surface area is 105 Å². The van der Waals surface area contributed by atoms with Crippen LogP contribution in [0.3, 0.4) is 0 Å². The number of fused-ring (bicyclic) bond motifs is 1. The summed E-state index contributed by atoms with van der Waals surface area (Å²) in [4.78, 5) is 13.8. The lowest BCUT2D eigenvalue weighted by molar-refractivity contribution is -0.141. The van der Waals surface area contributed by atoms with Crippen molar-refractivity contribution in [3.63, 3.8) is 0 Å². The second kappa shape index (κ2) is 4.40. The van der Waals surface area contributed by atoms with Crippen molar-refractivity contribution >= 4 is 11.7 Å². The van der Waals surface area contributed by atoms with E-state index in [1.165, 1.54) is 7.11 Å². The van der Waals surface area contributed by atoms with Crippen molar-refractivity contribution in [3.05, 3.63) is 18.2 Å². The number of anilines is 1. The quantitative estimate of drug-likeness (QED) is 0.744. The van der Waals surface area contributed by atoms with Crippen molar-refractivity contribution < 1.29 is 19.0 Å². The molecule has 1 aromatic carbocycles. The number of nitrogens with zero attached hydrogens (tertiary/aromatic N) is 1. The summed E-state index contributed by atoms with van der Waals surface area (Å²) in [6, 6.07) is 5.52. The van der Waals surface area contributed by atoms with Crippen molar-refractivity contribution in [2.75, 3.05) is 25.3 Å². The molecule has 0 amide bonds. The van der Waals surface area contributed by atoms with Crippen LogP contribution in [0.2, 0.25) is 0 Å². The molecule has 96 valence electrons. The fraction of sp³-hybridized carbons (Fsp3) is 0.462. The molecule has 0 unspecified atom stereocenters. The van der Waals surface area contributed by atoms with Gasteiger partial charge >= 0.3 is 5.97 Å². The van der Waals surface area contributed by atoms with Gasteiger partial charge in [-0.3, -0.25) is 0 Å². The molecule has 0 aromatic heterocycles. The second-order valence-corrected chi connectivity index (χ2v) is 4.39. The Hall–Kier alpha value is -1.91. The predicted molar refractivity (Wildman–Crippen MR) is 64.9 cm³/mol. The lowest BCUT2D eigenvalue weighted by Crippen LogP contribution is -2.36. The van der Waals surface area contributed by atoms with Gasteiger partial charge in [0, 0.05) is 6.54 Å². The molecule has 3 rings (SSSR count). The molecule has 0 spiro atoms. The molecule has 2 heterocycles. The van der Waals surface area contributed by atoms with Crippen molar-refractivity contribution in [1.82, 2.24) is 0 Å². The maximum atomic E-state index is 11.8. The summed E-state index contributed by atoms with van der Waals surface area (Å²) < 4.78 is 15.7. The molecule has 0 bridgehead atoms. The molecule has 0 saturated carbocycles. The second-order valence-electron chi connectivity index (χ2n) is 4.39. The van der Waals surface area contributed by atoms with Gasteiger partial charge in [-0.1, -0.05) is 6.07 Å². The molecule has 5 heteroatoms. The van der Waals surface area contributed by atoms with Gasteiger partial charge in [0.2, 0.25) is 6.79 Å². The van der Waals surface area contributed by atoms with E-state index in [2.05, 4.69) is 0 Å². The number of carbonyl (C=O) groups excluding carboxylic acids is 1. The Morgan fingerprint density at radius 3 is 3.17 bits per heavy atom. The molecule has 1 aromatic rings. The normalized spacial score (nSPS) is 21.2. The van der Waals surface area contributed by atoms with Crippen LogP contribution in [-0.4, -0.2) is 32.5 Å². The maximum Gasteiger partial charge on any atom is 0.328 e. The number of hydrogen-bond donors (Lipinski definition) is 0. The van der Waals surface area contributed by atoms with Crippen LogP contribution in [0.1, 0.15) is 12.8 Å². The van der Waals surface area contributed by atoms with Gasteiger partial charge in [-0.15, -0.1) is 0 Å². The summed E-state index contributed by atoms with van der Waals surface area (Å²) in [6.07, 6.45) is 1.79. The summed E-state index contributed by atoms with van der Waals surface area (Å²) in [5, 5.41) is 0. The molecule has 0 N–H and O–H groups in total. The van der Waals surface area contributed by atoms with E-state index in [1.54, 1.807) is 0 Å². The van der Waals surface area contributed by atoms with Crippen LogP contribution >= 0.6 is 0 Å². The largest absolute Gasteiger partial charge is 0.467 e. The average molecular weight is 249 g/mol. The number of benzene rings is 1. The van der Waals surface area contributed by atoms with Gasteiger partial charge < -0.3 is 19.1 Å². The zero-order valence-corrected chi connectivity index (χ0v) is 10.2. The van der Waals surface area contributed by atoms with Crippen LogP contribution in [0.25, 0.3) is 0 Å². The van der Waals surface area contributed by atoms with Crippen molar-refractivity contribution in [1.29, 1.82) is 0 Å². The first kappa shape index (κ1) is 11.2. The van der Waals surface area contributed by atoms with E-state index in [1.807, 2.05) is 23.1 Å². The van der Waals surface area contributed by atoms with Gasteiger partial charge in [0.15, 0.2) is 11.5 Å². The highest BCUT2D eigenvalue weighted by atomic mass is 16.7. The Bertz CT molecular complexity index is 474. The lowest BCUT2D eigenvalue weighted by Gasteiger charge is -2.25. The average Bonchev–Trinajstić information content (AvgIpc) is 3.05. The number of methoxy groups -OCH3 is 1. The van der Waals surface area contributed by atoms with Gasteiger partial charge in [0.25, 0.3) is 0 Å². The monoisotopic (exact) mass is 249 g/mol. The molecule has 1 saturated heterocycles. The van der Waals surface area contributed by atoms with E-state index in [0.717, 1.165) is 36.6 Å². The van der Waals surface area contributed by atoms with Crippen LogP contribution in [0.15, 0.2) is 18.2 Å². The summed E-state index contributed by atoms with van der Waals surface area (Å²) in [6.45, 7) is 1.07. The first-order valence-electron chi connectivity index (χ1n) is 6.04. The standard InChI is InChI=1S/C13H15NO4/c1-16-13(15)10-5-3-7-14(10)9-4-2-6-11-12(9)18-8-17-11/h2,4,6,10H,3,5,7-8H2,1H3/t10-/m1/s1. The summed E-state index contributed by atoms with van der Waals surface area (Å²) >= 11 is 0. The summed E-state index contributed by atoms with van der Waals surface area (Å²) in [7, 11) is 1.42. The highest BCUT2D eigenvalue weighted by Gasteiger charge is 2.34. The lowest BCUT2D eigenvalue weighted by atomic mass is 10.2. The van der Waals surface area contributed by atoms with Gasteiger partial charge in [-0.05, 0) is 25.0 Å². The molecule has 18 heavy (non-hydrogen) atoms. The van der Waals surface area contributed by atoms with Gasteiger partial charge in [-0.2, -0.15) is 0 Å². The van der Waals surface area contributed by atoms with Gasteiger partial charge in [0.05, 0.1) is 12.8 Å².